The van der Waals surface area contributed by atoms with Crippen LogP contribution in [0.5, 0.6) is 0 Å². The summed E-state index contributed by atoms with van der Waals surface area (Å²) in [4.78, 5) is 16.3. The van der Waals surface area contributed by atoms with Gasteiger partial charge in [0.15, 0.2) is 12.0 Å². The van der Waals surface area contributed by atoms with Crippen LogP contribution in [0.3, 0.4) is 0 Å². The molecule has 0 saturated heterocycles. The summed E-state index contributed by atoms with van der Waals surface area (Å²) in [6.07, 6.45) is 1.38. The van der Waals surface area contributed by atoms with Crippen molar-refractivity contribution in [2.24, 2.45) is 5.73 Å². The maximum atomic E-state index is 12.1. The summed E-state index contributed by atoms with van der Waals surface area (Å²) in [6, 6.07) is 16.2. The number of carbonyl (C=O) groups is 1. The standard InChI is InChI=1S/C20H12Cl2N2O2/c21-15-6-2-4-13(19(15)22)12-3-1-5-14(20(23)25)18(12)11-7-8-17-16(9-11)24-10-26-17/h1-10H,(H2,23,25). The Morgan fingerprint density at radius 3 is 2.58 bits per heavy atom. The summed E-state index contributed by atoms with van der Waals surface area (Å²) in [5, 5.41) is 0.853. The number of benzene rings is 3. The topological polar surface area (TPSA) is 69.1 Å². The van der Waals surface area contributed by atoms with E-state index in [-0.39, 0.29) is 0 Å². The SMILES string of the molecule is NC(=O)c1cccc(-c2cccc(Cl)c2Cl)c1-c1ccc2ocnc2c1. The highest BCUT2D eigenvalue weighted by molar-refractivity contribution is 6.43. The van der Waals surface area contributed by atoms with E-state index in [4.69, 9.17) is 33.4 Å². The molecule has 128 valence electrons. The third-order valence-corrected chi connectivity index (χ3v) is 5.01. The zero-order valence-electron chi connectivity index (χ0n) is 13.4. The van der Waals surface area contributed by atoms with Crippen LogP contribution in [0.4, 0.5) is 0 Å². The molecule has 0 aliphatic carbocycles. The monoisotopic (exact) mass is 382 g/mol. The Kier molecular flexibility index (Phi) is 4.15. The molecule has 1 heterocycles. The largest absolute Gasteiger partial charge is 0.443 e. The predicted octanol–water partition coefficient (Wildman–Crippen LogP) is 5.57. The summed E-state index contributed by atoms with van der Waals surface area (Å²) in [5.41, 5.74) is 10.3. The summed E-state index contributed by atoms with van der Waals surface area (Å²) in [7, 11) is 0. The third-order valence-electron chi connectivity index (χ3n) is 4.19. The zero-order valence-corrected chi connectivity index (χ0v) is 14.9. The molecule has 0 aliphatic rings. The van der Waals surface area contributed by atoms with Gasteiger partial charge in [0.05, 0.1) is 10.0 Å². The molecular formula is C20H12Cl2N2O2. The number of rotatable bonds is 3. The second-order valence-electron chi connectivity index (χ2n) is 5.73. The van der Waals surface area contributed by atoms with E-state index in [0.717, 1.165) is 16.7 Å². The van der Waals surface area contributed by atoms with Crippen LogP contribution in [0.15, 0.2) is 65.4 Å². The van der Waals surface area contributed by atoms with Gasteiger partial charge in [-0.15, -0.1) is 0 Å². The summed E-state index contributed by atoms with van der Waals surface area (Å²) >= 11 is 12.6. The van der Waals surface area contributed by atoms with E-state index in [1.54, 1.807) is 24.3 Å². The lowest BCUT2D eigenvalue weighted by molar-refractivity contribution is 0.100. The number of fused-ring (bicyclic) bond motifs is 1. The lowest BCUT2D eigenvalue weighted by atomic mass is 9.90. The summed E-state index contributed by atoms with van der Waals surface area (Å²) in [6.45, 7) is 0. The fraction of sp³-hybridized carbons (Fsp3) is 0. The third kappa shape index (κ3) is 2.73. The highest BCUT2D eigenvalue weighted by Gasteiger charge is 2.18. The van der Waals surface area contributed by atoms with Gasteiger partial charge >= 0.3 is 0 Å². The maximum absolute atomic E-state index is 12.1. The summed E-state index contributed by atoms with van der Waals surface area (Å²) in [5.74, 6) is -0.528. The summed E-state index contributed by atoms with van der Waals surface area (Å²) < 4.78 is 5.29. The lowest BCUT2D eigenvalue weighted by Gasteiger charge is -2.15. The Balaban J connectivity index is 2.05. The van der Waals surface area contributed by atoms with Crippen molar-refractivity contribution in [3.05, 3.63) is 76.6 Å². The molecule has 0 aliphatic heterocycles. The molecule has 3 aromatic carbocycles. The predicted molar refractivity (Wildman–Crippen MR) is 103 cm³/mol. The molecule has 0 bridgehead atoms. The van der Waals surface area contributed by atoms with Gasteiger partial charge in [-0.05, 0) is 35.4 Å². The van der Waals surface area contributed by atoms with E-state index in [1.165, 1.54) is 6.39 Å². The van der Waals surface area contributed by atoms with Gasteiger partial charge in [-0.2, -0.15) is 0 Å². The number of amides is 1. The van der Waals surface area contributed by atoms with Gasteiger partial charge in [-0.25, -0.2) is 4.98 Å². The quantitative estimate of drug-likeness (QED) is 0.503. The minimum absolute atomic E-state index is 0.390. The second kappa shape index (κ2) is 6.48. The van der Waals surface area contributed by atoms with Gasteiger partial charge in [0.25, 0.3) is 0 Å². The average Bonchev–Trinajstić information content (AvgIpc) is 3.11. The Morgan fingerprint density at radius 1 is 1.00 bits per heavy atom. The van der Waals surface area contributed by atoms with Crippen LogP contribution in [0.25, 0.3) is 33.4 Å². The normalized spacial score (nSPS) is 11.0. The molecule has 1 aromatic heterocycles. The molecule has 6 heteroatoms. The molecule has 0 spiro atoms. The molecule has 4 nitrogen and oxygen atoms in total. The van der Waals surface area contributed by atoms with Crippen molar-refractivity contribution < 1.29 is 9.21 Å². The van der Waals surface area contributed by atoms with Crippen molar-refractivity contribution in [3.8, 4) is 22.3 Å². The van der Waals surface area contributed by atoms with Crippen LogP contribution in [0.2, 0.25) is 10.0 Å². The number of nitrogens with zero attached hydrogens (tertiary/aromatic N) is 1. The van der Waals surface area contributed by atoms with E-state index >= 15 is 0 Å². The van der Waals surface area contributed by atoms with E-state index in [9.17, 15) is 4.79 Å². The van der Waals surface area contributed by atoms with Crippen LogP contribution in [-0.4, -0.2) is 10.9 Å². The molecule has 0 fully saturated rings. The van der Waals surface area contributed by atoms with Crippen molar-refractivity contribution in [1.29, 1.82) is 0 Å². The first-order valence-electron chi connectivity index (χ1n) is 7.77. The number of primary amides is 1. The molecule has 0 saturated carbocycles. The minimum Gasteiger partial charge on any atom is -0.443 e. The average molecular weight is 383 g/mol. The fourth-order valence-corrected chi connectivity index (χ4v) is 3.42. The number of carbonyl (C=O) groups excluding carboxylic acids is 1. The van der Waals surface area contributed by atoms with Crippen molar-refractivity contribution in [3.63, 3.8) is 0 Å². The smallest absolute Gasteiger partial charge is 0.249 e. The van der Waals surface area contributed by atoms with Gasteiger partial charge in [-0.3, -0.25) is 4.79 Å². The molecule has 4 rings (SSSR count). The molecule has 1 amide bonds. The molecular weight excluding hydrogens is 371 g/mol. The van der Waals surface area contributed by atoms with Crippen LogP contribution in [0, 0.1) is 0 Å². The van der Waals surface area contributed by atoms with Gasteiger partial charge in [0.1, 0.15) is 5.52 Å². The highest BCUT2D eigenvalue weighted by Crippen LogP contribution is 2.41. The number of halogens is 2. The van der Waals surface area contributed by atoms with Crippen LogP contribution in [0.1, 0.15) is 10.4 Å². The number of hydrogen-bond donors (Lipinski definition) is 1. The molecule has 0 atom stereocenters. The van der Waals surface area contributed by atoms with Gasteiger partial charge in [0, 0.05) is 16.7 Å². The first kappa shape index (κ1) is 16.6. The fourth-order valence-electron chi connectivity index (χ4n) is 3.02. The number of hydrogen-bond acceptors (Lipinski definition) is 3. The second-order valence-corrected chi connectivity index (χ2v) is 6.51. The Labute approximate surface area is 159 Å². The van der Waals surface area contributed by atoms with Crippen molar-refractivity contribution in [2.75, 3.05) is 0 Å². The molecule has 0 radical (unpaired) electrons. The van der Waals surface area contributed by atoms with Gasteiger partial charge in [-0.1, -0.05) is 53.5 Å². The van der Waals surface area contributed by atoms with E-state index in [0.29, 0.717) is 32.3 Å². The van der Waals surface area contributed by atoms with Crippen LogP contribution in [-0.2, 0) is 0 Å². The van der Waals surface area contributed by atoms with Gasteiger partial charge in [0.2, 0.25) is 5.91 Å². The van der Waals surface area contributed by atoms with E-state index in [2.05, 4.69) is 4.98 Å². The minimum atomic E-state index is -0.528. The van der Waals surface area contributed by atoms with E-state index < -0.39 is 5.91 Å². The van der Waals surface area contributed by atoms with Crippen molar-refractivity contribution >= 4 is 40.2 Å². The Hall–Kier alpha value is -2.82. The van der Waals surface area contributed by atoms with Gasteiger partial charge < -0.3 is 10.2 Å². The van der Waals surface area contributed by atoms with E-state index in [1.807, 2.05) is 30.3 Å². The zero-order chi connectivity index (χ0) is 18.3. The first-order valence-corrected chi connectivity index (χ1v) is 8.52. The number of oxazole rings is 1. The number of aromatic nitrogens is 1. The van der Waals surface area contributed by atoms with Crippen LogP contribution >= 0.6 is 23.2 Å². The maximum Gasteiger partial charge on any atom is 0.249 e. The molecule has 4 aromatic rings. The van der Waals surface area contributed by atoms with Crippen molar-refractivity contribution in [1.82, 2.24) is 4.98 Å². The lowest BCUT2D eigenvalue weighted by Crippen LogP contribution is -2.13. The first-order chi connectivity index (χ1) is 12.6. The molecule has 26 heavy (non-hydrogen) atoms. The van der Waals surface area contributed by atoms with Crippen LogP contribution < -0.4 is 5.73 Å². The molecule has 0 unspecified atom stereocenters. The van der Waals surface area contributed by atoms with Crippen molar-refractivity contribution in [2.45, 2.75) is 0 Å². The molecule has 2 N–H and O–H groups in total. The Morgan fingerprint density at radius 2 is 1.77 bits per heavy atom. The Bertz CT molecular complexity index is 1150. The number of nitrogens with two attached hydrogens (primary N) is 1. The highest BCUT2D eigenvalue weighted by atomic mass is 35.5.